The van der Waals surface area contributed by atoms with E-state index in [-0.39, 0.29) is 25.5 Å². The van der Waals surface area contributed by atoms with Gasteiger partial charge >= 0.3 is 19.5 Å². The van der Waals surface area contributed by atoms with Crippen molar-refractivity contribution in [2.45, 2.75) is 38.1 Å². The van der Waals surface area contributed by atoms with Crippen LogP contribution in [0.4, 0.5) is 0 Å². The standard InChI is InChI=1S/2C18H15P.C6H12N.C5H5.Ru/c2*1-4-10-16(11-5-1)19(17-12-6-2-7-13-17)18-14-8-3-9-15-18;7-6-4-2-1-3-5-6;1-2-4-5-3-1;/h2*1-15H;6-7H,1-5H2;1-5H;/q;;2*-1;+2/p+2. The first-order chi connectivity index (χ1) is 24.8. The molecule has 4 heteroatoms. The SMILES string of the molecule is [NH-]C1CCCCC1.[Ru+2].c1cc[cH-]c1.c1ccc([PH+](c2ccccc2)c2ccccc2)cc1.c1ccc([PH+](c2ccccc2)c2ccccc2)cc1. The smallest absolute Gasteiger partial charge is 0.675 e. The Morgan fingerprint density at radius 1 is 0.353 bits per heavy atom. The summed E-state index contributed by atoms with van der Waals surface area (Å²) >= 11 is 0. The first kappa shape index (κ1) is 39.9. The van der Waals surface area contributed by atoms with Crippen LogP contribution in [-0.2, 0) is 19.5 Å². The van der Waals surface area contributed by atoms with Gasteiger partial charge in [-0.2, -0.15) is 18.2 Å². The van der Waals surface area contributed by atoms with Gasteiger partial charge in [0.15, 0.2) is 0 Å². The zero-order valence-electron chi connectivity index (χ0n) is 29.2. The Kier molecular flexibility index (Phi) is 18.4. The van der Waals surface area contributed by atoms with Crippen molar-refractivity contribution >= 4 is 47.7 Å². The second-order valence-electron chi connectivity index (χ2n) is 12.2. The van der Waals surface area contributed by atoms with Crippen LogP contribution in [0.15, 0.2) is 212 Å². The molecule has 0 spiro atoms. The van der Waals surface area contributed by atoms with Gasteiger partial charge in [0.05, 0.1) is 15.8 Å². The Morgan fingerprint density at radius 2 is 0.588 bits per heavy atom. The van der Waals surface area contributed by atoms with Crippen molar-refractivity contribution in [2.75, 3.05) is 0 Å². The molecule has 1 fully saturated rings. The summed E-state index contributed by atoms with van der Waals surface area (Å²) in [6.45, 7) is 0. The molecule has 1 aliphatic carbocycles. The second kappa shape index (κ2) is 23.6. The van der Waals surface area contributed by atoms with Crippen LogP contribution in [0, 0.1) is 0 Å². The van der Waals surface area contributed by atoms with E-state index >= 15 is 0 Å². The fourth-order valence-corrected chi connectivity index (χ4v) is 11.2. The average molecular weight is 791 g/mol. The Morgan fingerprint density at radius 3 is 0.745 bits per heavy atom. The molecule has 258 valence electrons. The third-order valence-electron chi connectivity index (χ3n) is 8.54. The van der Waals surface area contributed by atoms with E-state index in [2.05, 4.69) is 182 Å². The van der Waals surface area contributed by atoms with Crippen molar-refractivity contribution in [1.29, 1.82) is 0 Å². The van der Waals surface area contributed by atoms with Gasteiger partial charge in [0.2, 0.25) is 0 Å². The molecule has 7 aromatic rings. The minimum absolute atomic E-state index is 0. The van der Waals surface area contributed by atoms with E-state index in [9.17, 15) is 0 Å². The average Bonchev–Trinajstić information content (AvgIpc) is 3.80. The molecule has 0 heterocycles. The van der Waals surface area contributed by atoms with E-state index in [1.807, 2.05) is 30.3 Å². The zero-order valence-corrected chi connectivity index (χ0v) is 32.9. The minimum Gasteiger partial charge on any atom is -0.675 e. The molecule has 1 aliphatic rings. The molecule has 0 atom stereocenters. The van der Waals surface area contributed by atoms with E-state index in [0.717, 1.165) is 12.8 Å². The monoisotopic (exact) mass is 791 g/mol. The van der Waals surface area contributed by atoms with Gasteiger partial charge in [-0.05, 0) is 72.8 Å². The number of hydrogen-bond donors (Lipinski definition) is 0. The number of rotatable bonds is 6. The van der Waals surface area contributed by atoms with Crippen molar-refractivity contribution in [3.05, 3.63) is 218 Å². The molecule has 8 rings (SSSR count). The molecule has 0 unspecified atom stereocenters. The summed E-state index contributed by atoms with van der Waals surface area (Å²) in [6, 6.07) is 75.3. The molecule has 1 N–H and O–H groups in total. The maximum absolute atomic E-state index is 7.27. The molecule has 0 aromatic heterocycles. The van der Waals surface area contributed by atoms with Gasteiger partial charge in [-0.15, -0.1) is 6.04 Å². The normalized spacial score (nSPS) is 12.1. The fourth-order valence-electron chi connectivity index (χ4n) is 6.05. The molecule has 0 saturated heterocycles. The maximum atomic E-state index is 7.27. The van der Waals surface area contributed by atoms with Crippen LogP contribution in [0.25, 0.3) is 5.73 Å². The first-order valence-corrected chi connectivity index (χ1v) is 20.7. The van der Waals surface area contributed by atoms with Crippen LogP contribution in [0.3, 0.4) is 0 Å². The largest absolute Gasteiger partial charge is 2.00 e. The molecule has 1 saturated carbocycles. The van der Waals surface area contributed by atoms with E-state index in [4.69, 9.17) is 5.73 Å². The molecular weight excluding hydrogens is 742 g/mol. The second-order valence-corrected chi connectivity index (χ2v) is 17.2. The molecule has 7 aromatic carbocycles. The van der Waals surface area contributed by atoms with E-state index in [1.165, 1.54) is 51.1 Å². The molecule has 0 bridgehead atoms. The predicted octanol–water partition coefficient (Wildman–Crippen LogP) is 10.1. The van der Waals surface area contributed by atoms with Crippen molar-refractivity contribution in [2.24, 2.45) is 0 Å². The van der Waals surface area contributed by atoms with E-state index < -0.39 is 15.8 Å². The van der Waals surface area contributed by atoms with E-state index in [0.29, 0.717) is 0 Å². The Balaban J connectivity index is 0.000000171. The summed E-state index contributed by atoms with van der Waals surface area (Å²) in [6.07, 6.45) is 6.28. The molecule has 0 radical (unpaired) electrons. The number of benzene rings is 6. The van der Waals surface area contributed by atoms with Crippen LogP contribution >= 0.6 is 15.8 Å². The van der Waals surface area contributed by atoms with Crippen LogP contribution in [0.1, 0.15) is 32.1 Å². The van der Waals surface area contributed by atoms with Crippen molar-refractivity contribution < 1.29 is 19.5 Å². The topological polar surface area (TPSA) is 23.8 Å². The fraction of sp³-hybridized carbons (Fsp3) is 0.128. The third kappa shape index (κ3) is 13.6. The van der Waals surface area contributed by atoms with Gasteiger partial charge in [-0.25, -0.2) is 12.1 Å². The van der Waals surface area contributed by atoms with Crippen LogP contribution in [0.2, 0.25) is 0 Å². The Labute approximate surface area is 321 Å². The summed E-state index contributed by atoms with van der Waals surface area (Å²) < 4.78 is 0. The summed E-state index contributed by atoms with van der Waals surface area (Å²) in [7, 11) is -1.75. The Hall–Kier alpha value is -3.89. The molecule has 51 heavy (non-hydrogen) atoms. The molecule has 0 aliphatic heterocycles. The zero-order chi connectivity index (χ0) is 34.5. The van der Waals surface area contributed by atoms with Crippen LogP contribution in [0.5, 0.6) is 0 Å². The number of hydrogen-bond acceptors (Lipinski definition) is 0. The van der Waals surface area contributed by atoms with Gasteiger partial charge in [-0.3, -0.25) is 0 Å². The van der Waals surface area contributed by atoms with E-state index in [1.54, 1.807) is 0 Å². The quantitative estimate of drug-likeness (QED) is 0.0911. The van der Waals surface area contributed by atoms with Gasteiger partial charge in [0.25, 0.3) is 0 Å². The molecular formula is C47H49NP2Ru+2. The maximum Gasteiger partial charge on any atom is 2.00 e. The summed E-state index contributed by atoms with van der Waals surface area (Å²) in [5.74, 6) is 0. The van der Waals surface area contributed by atoms with Crippen molar-refractivity contribution in [1.82, 2.24) is 0 Å². The summed E-state index contributed by atoms with van der Waals surface area (Å²) in [5.41, 5.74) is 7.27. The predicted molar refractivity (Wildman–Crippen MR) is 226 cm³/mol. The molecule has 0 amide bonds. The third-order valence-corrected chi connectivity index (χ3v) is 14.0. The number of nitrogens with one attached hydrogen (secondary N) is 1. The Bertz CT molecular complexity index is 1490. The van der Waals surface area contributed by atoms with Crippen molar-refractivity contribution in [3.63, 3.8) is 0 Å². The summed E-state index contributed by atoms with van der Waals surface area (Å²) in [4.78, 5) is 0. The molecule has 1 nitrogen and oxygen atoms in total. The van der Waals surface area contributed by atoms with Gasteiger partial charge in [0.1, 0.15) is 31.8 Å². The van der Waals surface area contributed by atoms with Gasteiger partial charge in [0, 0.05) is 0 Å². The minimum atomic E-state index is -0.877. The van der Waals surface area contributed by atoms with Crippen LogP contribution in [-0.4, -0.2) is 6.04 Å². The van der Waals surface area contributed by atoms with Crippen LogP contribution < -0.4 is 31.8 Å². The van der Waals surface area contributed by atoms with Gasteiger partial charge < -0.3 is 5.73 Å². The first-order valence-electron chi connectivity index (χ1n) is 17.7. The van der Waals surface area contributed by atoms with Crippen molar-refractivity contribution in [3.8, 4) is 0 Å². The van der Waals surface area contributed by atoms with Gasteiger partial charge in [-0.1, -0.05) is 141 Å². The summed E-state index contributed by atoms with van der Waals surface area (Å²) in [5, 5.41) is 8.61.